The number of nitrogens with one attached hydrogen (secondary N) is 2. The Morgan fingerprint density at radius 2 is 1.18 bits per heavy atom. The van der Waals surface area contributed by atoms with Crippen molar-refractivity contribution >= 4 is 50.4 Å². The first-order chi connectivity index (χ1) is 33.3. The van der Waals surface area contributed by atoms with E-state index in [4.69, 9.17) is 46.3 Å². The highest BCUT2D eigenvalue weighted by Crippen LogP contribution is 2.43. The van der Waals surface area contributed by atoms with E-state index in [1.807, 2.05) is 0 Å². The van der Waals surface area contributed by atoms with Gasteiger partial charge in [0.2, 0.25) is 18.1 Å². The molecule has 5 rings (SSSR count). The molecule has 0 radical (unpaired) electrons. The van der Waals surface area contributed by atoms with Crippen molar-refractivity contribution in [3.63, 3.8) is 0 Å². The highest BCUT2D eigenvalue weighted by Gasteiger charge is 2.62. The molecule has 4 fully saturated rings. The Kier molecular flexibility index (Phi) is 19.2. The molecule has 0 saturated carbocycles. The van der Waals surface area contributed by atoms with Crippen molar-refractivity contribution in [3.8, 4) is 0 Å². The van der Waals surface area contributed by atoms with Crippen LogP contribution in [0.25, 0.3) is 0 Å². The summed E-state index contributed by atoms with van der Waals surface area (Å²) in [6.07, 6.45) is -34.6. The Labute approximate surface area is 411 Å². The summed E-state index contributed by atoms with van der Waals surface area (Å²) in [6.45, 7) is 6.75. The molecule has 4 saturated heterocycles. The van der Waals surface area contributed by atoms with Gasteiger partial charge in [0, 0.05) is 20.8 Å². The SMILES string of the molecule is CCCC(C)(OC1C(NC(C)=O)[C@H](O[C@@H]2C(C(=O)O)O[C@@H](C(C)(CC)OC3C4N=C(C)O[C@H]4OC(CO)[C@@H]3OS(=O)(=O)O)C(NC(C)=O)C2O)OC(CO)[C@@H]1OS(=O)(=O)O)[C@@H]1OC(C(=O)O)[C@@H](O)C(O)C1O. The van der Waals surface area contributed by atoms with E-state index in [-0.39, 0.29) is 25.2 Å². The standard InChI is InChI=1S/C39H63N3O28S2/c1-8-10-39(7,33-24(50)22(48)23(49)30(64-33)34(51)52)68-27-19(41-14(4)46)37(63-17(12-44)25(27)69-71(55,56)57)66-29-21(47)18(40-13(3)45)32(65-31(29)35(53)54)38(6,9-2)67-28-20-36(61-15(5)42-20)62-16(11-43)26(28)70-72(58,59)60/h16-33,36-37,43-44,47-50H,8-12H2,1-7H3,(H,40,45)(H,41,46)(H,51,52)(H,53,54)(H,55,56,57)(H,58,59,60)/t16?,17?,18?,19?,20?,21?,22?,23-,24?,25-,26-,27?,28?,29-,30?,31?,32+,33+,36-,37-,38?,39?/m0/s1. The highest BCUT2D eigenvalue weighted by molar-refractivity contribution is 7.81. The lowest BCUT2D eigenvalue weighted by atomic mass is 9.81. The summed E-state index contributed by atoms with van der Waals surface area (Å²) in [5.74, 6) is -5.48. The maximum atomic E-state index is 13.3. The molecule has 0 spiro atoms. The summed E-state index contributed by atoms with van der Waals surface area (Å²) in [5.41, 5.74) is -4.09. The fourth-order valence-electron chi connectivity index (χ4n) is 9.66. The summed E-state index contributed by atoms with van der Waals surface area (Å²) in [7, 11) is -10.9. The van der Waals surface area contributed by atoms with Gasteiger partial charge in [-0.05, 0) is 26.7 Å². The number of aliphatic imine (C=N–C) groups is 1. The van der Waals surface area contributed by atoms with Gasteiger partial charge < -0.3 is 89.4 Å². The first-order valence-electron chi connectivity index (χ1n) is 22.4. The van der Waals surface area contributed by atoms with E-state index in [9.17, 15) is 86.0 Å². The van der Waals surface area contributed by atoms with E-state index in [1.165, 1.54) is 27.7 Å². The minimum absolute atomic E-state index is 0.0159. The molecule has 0 aromatic carbocycles. The largest absolute Gasteiger partial charge is 0.479 e. The van der Waals surface area contributed by atoms with Crippen LogP contribution in [0.4, 0.5) is 0 Å². The van der Waals surface area contributed by atoms with E-state index < -0.39 is 191 Å². The number of aliphatic carboxylic acids is 2. The van der Waals surface area contributed by atoms with Gasteiger partial charge >= 0.3 is 32.7 Å². The third-order valence-corrected chi connectivity index (χ3v) is 13.9. The van der Waals surface area contributed by atoms with Gasteiger partial charge in [-0.15, -0.1) is 0 Å². The number of ether oxygens (including phenoxy) is 8. The molecule has 5 aliphatic heterocycles. The fraction of sp³-hybridized carbons (Fsp3) is 0.872. The molecule has 0 bridgehead atoms. The predicted molar refractivity (Wildman–Crippen MR) is 231 cm³/mol. The van der Waals surface area contributed by atoms with E-state index in [0.717, 1.165) is 13.8 Å². The number of nitrogens with zero attached hydrogens (tertiary/aromatic N) is 1. The van der Waals surface area contributed by atoms with Gasteiger partial charge in [0.15, 0.2) is 24.4 Å². The maximum Gasteiger partial charge on any atom is 0.397 e. The van der Waals surface area contributed by atoms with Crippen LogP contribution >= 0.6 is 0 Å². The second-order valence-corrected chi connectivity index (χ2v) is 20.3. The van der Waals surface area contributed by atoms with Gasteiger partial charge in [-0.1, -0.05) is 20.3 Å². The highest BCUT2D eigenvalue weighted by atomic mass is 32.3. The second kappa shape index (κ2) is 23.2. The summed E-state index contributed by atoms with van der Waals surface area (Å²) < 4.78 is 127. The van der Waals surface area contributed by atoms with Crippen molar-refractivity contribution in [2.24, 2.45) is 4.99 Å². The molecule has 12 N–H and O–H groups in total. The molecule has 72 heavy (non-hydrogen) atoms. The normalized spacial score (nSPS) is 40.1. The van der Waals surface area contributed by atoms with Crippen LogP contribution in [-0.2, 0) is 86.2 Å². The minimum atomic E-state index is -5.57. The Bertz CT molecular complexity index is 2210. The summed E-state index contributed by atoms with van der Waals surface area (Å²) >= 11 is 0. The van der Waals surface area contributed by atoms with E-state index in [1.54, 1.807) is 6.92 Å². The van der Waals surface area contributed by atoms with Crippen molar-refractivity contribution in [2.75, 3.05) is 13.2 Å². The van der Waals surface area contributed by atoms with Crippen LogP contribution in [0.15, 0.2) is 4.99 Å². The third kappa shape index (κ3) is 13.1. The number of carbonyl (C=O) groups excluding carboxylic acids is 2. The van der Waals surface area contributed by atoms with Crippen molar-refractivity contribution < 1.29 is 132 Å². The number of carboxylic acid groups (broad SMARTS) is 2. The number of aliphatic hydroxyl groups excluding tert-OH is 6. The number of rotatable bonds is 21. The van der Waals surface area contributed by atoms with Gasteiger partial charge in [-0.2, -0.15) is 16.8 Å². The minimum Gasteiger partial charge on any atom is -0.479 e. The number of amides is 2. The zero-order valence-electron chi connectivity index (χ0n) is 39.7. The number of carbonyl (C=O) groups is 4. The van der Waals surface area contributed by atoms with Crippen LogP contribution < -0.4 is 10.6 Å². The molecular weight excluding hydrogens is 1020 g/mol. The number of hydrogen-bond donors (Lipinski definition) is 12. The van der Waals surface area contributed by atoms with Crippen LogP contribution in [0.1, 0.15) is 67.7 Å². The number of aliphatic hydroxyl groups is 6. The lowest BCUT2D eigenvalue weighted by molar-refractivity contribution is -0.338. The average Bonchev–Trinajstić information content (AvgIpc) is 3.64. The lowest BCUT2D eigenvalue weighted by Gasteiger charge is -2.54. The zero-order chi connectivity index (χ0) is 54.2. The van der Waals surface area contributed by atoms with Gasteiger partial charge in [0.05, 0.1) is 30.5 Å². The summed E-state index contributed by atoms with van der Waals surface area (Å²) in [4.78, 5) is 55.7. The van der Waals surface area contributed by atoms with Gasteiger partial charge in [-0.3, -0.25) is 18.7 Å². The smallest absolute Gasteiger partial charge is 0.397 e. The molecule has 5 heterocycles. The number of fused-ring (bicyclic) bond motifs is 1. The van der Waals surface area contributed by atoms with Crippen LogP contribution in [0, 0.1) is 0 Å². The molecule has 31 nitrogen and oxygen atoms in total. The van der Waals surface area contributed by atoms with Crippen molar-refractivity contribution in [3.05, 3.63) is 0 Å². The average molecular weight is 1090 g/mol. The van der Waals surface area contributed by atoms with Gasteiger partial charge in [0.1, 0.15) is 91.4 Å². The molecule has 14 unspecified atom stereocenters. The first-order valence-corrected chi connectivity index (χ1v) is 25.2. The fourth-order valence-corrected chi connectivity index (χ4v) is 10.7. The molecule has 0 aromatic heterocycles. The Morgan fingerprint density at radius 3 is 1.68 bits per heavy atom. The van der Waals surface area contributed by atoms with Crippen LogP contribution in [0.2, 0.25) is 0 Å². The van der Waals surface area contributed by atoms with E-state index in [0.29, 0.717) is 0 Å². The molecule has 33 heteroatoms. The Hall–Kier alpha value is -3.43. The van der Waals surface area contributed by atoms with Crippen molar-refractivity contribution in [1.82, 2.24) is 10.6 Å². The Balaban J connectivity index is 1.60. The third-order valence-electron chi connectivity index (χ3n) is 12.9. The van der Waals surface area contributed by atoms with E-state index in [2.05, 4.69) is 15.6 Å². The summed E-state index contributed by atoms with van der Waals surface area (Å²) in [5, 5.41) is 91.0. The summed E-state index contributed by atoms with van der Waals surface area (Å²) in [6, 6.07) is -5.07. The molecule has 0 aliphatic carbocycles. The van der Waals surface area contributed by atoms with Gasteiger partial charge in [0.25, 0.3) is 0 Å². The molecule has 22 atom stereocenters. The zero-order valence-corrected chi connectivity index (χ0v) is 41.3. The molecule has 2 amide bonds. The Morgan fingerprint density at radius 1 is 0.667 bits per heavy atom. The van der Waals surface area contributed by atoms with Crippen LogP contribution in [-0.4, -0.2) is 243 Å². The molecule has 5 aliphatic rings. The monoisotopic (exact) mass is 1090 g/mol. The van der Waals surface area contributed by atoms with Crippen LogP contribution in [0.3, 0.4) is 0 Å². The van der Waals surface area contributed by atoms with E-state index >= 15 is 0 Å². The molecule has 0 aromatic rings. The van der Waals surface area contributed by atoms with Crippen LogP contribution in [0.5, 0.6) is 0 Å². The quantitative estimate of drug-likeness (QED) is 0.0478. The molecular formula is C39H63N3O28S2. The number of carboxylic acids is 2. The second-order valence-electron chi connectivity index (χ2n) is 18.2. The maximum absolute atomic E-state index is 13.3. The topological polar surface area (TPSA) is 468 Å². The van der Waals surface area contributed by atoms with Gasteiger partial charge in [-0.25, -0.2) is 22.9 Å². The molecule has 414 valence electrons. The lowest BCUT2D eigenvalue weighted by Crippen LogP contribution is -2.74. The van der Waals surface area contributed by atoms with Crippen molar-refractivity contribution in [1.29, 1.82) is 0 Å². The predicted octanol–water partition coefficient (Wildman–Crippen LogP) is -5.35. The number of hydrogen-bond acceptors (Lipinski definition) is 25. The van der Waals surface area contributed by atoms with Crippen molar-refractivity contribution in [2.45, 2.75) is 201 Å². The first kappa shape index (κ1) is 59.4.